The molecule has 1 aliphatic heterocycles. The molecule has 0 N–H and O–H groups in total. The minimum absolute atomic E-state index is 0.0788. The van der Waals surface area contributed by atoms with Gasteiger partial charge in [0.2, 0.25) is 0 Å². The molecule has 2 aromatic carbocycles. The predicted octanol–water partition coefficient (Wildman–Crippen LogP) is 6.35. The van der Waals surface area contributed by atoms with Gasteiger partial charge in [0.15, 0.2) is 5.82 Å². The molecule has 0 spiro atoms. The number of hydrogen-bond donors (Lipinski definition) is 0. The van der Waals surface area contributed by atoms with Crippen molar-refractivity contribution in [3.05, 3.63) is 112 Å². The van der Waals surface area contributed by atoms with Crippen molar-refractivity contribution in [3.63, 3.8) is 0 Å². The molecule has 9 heteroatoms. The largest absolute Gasteiger partial charge is 0.489 e. The lowest BCUT2D eigenvalue weighted by molar-refractivity contribution is -0.141. The van der Waals surface area contributed by atoms with E-state index < -0.39 is 6.04 Å². The minimum Gasteiger partial charge on any atom is -0.489 e. The van der Waals surface area contributed by atoms with Crippen LogP contribution in [0.15, 0.2) is 78.0 Å². The fraction of sp³-hybridized carbons (Fsp3) is 0.219. The van der Waals surface area contributed by atoms with Crippen molar-refractivity contribution < 1.29 is 14.3 Å². The molecule has 5 aromatic rings. The summed E-state index contributed by atoms with van der Waals surface area (Å²) in [5.41, 5.74) is 7.19. The maximum Gasteiger partial charge on any atom is 0.308 e. The van der Waals surface area contributed by atoms with Crippen molar-refractivity contribution in [2.24, 2.45) is 4.99 Å². The molecular formula is C32H29N5O3S. The van der Waals surface area contributed by atoms with Crippen LogP contribution in [0, 0.1) is 20.8 Å². The van der Waals surface area contributed by atoms with Crippen LogP contribution in [0.25, 0.3) is 16.1 Å². The second kappa shape index (κ2) is 11.1. The van der Waals surface area contributed by atoms with Gasteiger partial charge in [0.1, 0.15) is 29.2 Å². The summed E-state index contributed by atoms with van der Waals surface area (Å²) in [6.45, 7) is 6.64. The van der Waals surface area contributed by atoms with Crippen LogP contribution in [-0.4, -0.2) is 38.5 Å². The van der Waals surface area contributed by atoms with E-state index in [0.29, 0.717) is 12.4 Å². The average Bonchev–Trinajstić information content (AvgIpc) is 3.48. The molecule has 0 fully saturated rings. The Labute approximate surface area is 242 Å². The molecular weight excluding hydrogens is 534 g/mol. The van der Waals surface area contributed by atoms with Gasteiger partial charge in [-0.2, -0.15) is 0 Å². The summed E-state index contributed by atoms with van der Waals surface area (Å²) in [6.07, 6.45) is 3.61. The number of aryl methyl sites for hydroxylation is 2. The second-order valence-electron chi connectivity index (χ2n) is 9.93. The molecule has 206 valence electrons. The van der Waals surface area contributed by atoms with Crippen LogP contribution in [0.4, 0.5) is 0 Å². The average molecular weight is 564 g/mol. The van der Waals surface area contributed by atoms with Gasteiger partial charge in [-0.1, -0.05) is 36.4 Å². The topological polar surface area (TPSA) is 91.5 Å². The van der Waals surface area contributed by atoms with Gasteiger partial charge >= 0.3 is 5.97 Å². The standard InChI is InChI=1S/C32H29N5O3S/c1-19-20(2)41-32-29(19)30(34-27(17-28(38)39-4)31-36-35-21(3)37(31)32)24-10-8-23(9-11-24)25-6-5-7-26(16-25)40-18-22-12-14-33-15-13-22/h5-16,27H,17-18H2,1-4H3/t27-/m0/s1. The first-order chi connectivity index (χ1) is 19.9. The molecule has 1 aliphatic rings. The quantitative estimate of drug-likeness (QED) is 0.214. The zero-order valence-electron chi connectivity index (χ0n) is 23.3. The van der Waals surface area contributed by atoms with E-state index in [9.17, 15) is 4.79 Å². The first-order valence-electron chi connectivity index (χ1n) is 13.3. The summed E-state index contributed by atoms with van der Waals surface area (Å²) in [5, 5.41) is 9.78. The molecule has 1 atom stereocenters. The smallest absolute Gasteiger partial charge is 0.308 e. The Bertz CT molecular complexity index is 1760. The van der Waals surface area contributed by atoms with Crippen molar-refractivity contribution in [2.45, 2.75) is 39.8 Å². The van der Waals surface area contributed by atoms with E-state index in [-0.39, 0.29) is 12.4 Å². The highest BCUT2D eigenvalue weighted by atomic mass is 32.1. The van der Waals surface area contributed by atoms with Gasteiger partial charge in [0.25, 0.3) is 0 Å². The highest BCUT2D eigenvalue weighted by Crippen LogP contribution is 2.39. The number of rotatable bonds is 7. The van der Waals surface area contributed by atoms with Crippen molar-refractivity contribution in [2.75, 3.05) is 7.11 Å². The maximum absolute atomic E-state index is 12.4. The number of carbonyl (C=O) groups is 1. The van der Waals surface area contributed by atoms with E-state index in [4.69, 9.17) is 14.5 Å². The first kappa shape index (κ1) is 26.6. The lowest BCUT2D eigenvalue weighted by Crippen LogP contribution is -2.12. The van der Waals surface area contributed by atoms with Crippen molar-refractivity contribution in [1.29, 1.82) is 0 Å². The molecule has 0 saturated heterocycles. The van der Waals surface area contributed by atoms with Gasteiger partial charge in [0.05, 0.1) is 19.2 Å². The van der Waals surface area contributed by atoms with E-state index in [0.717, 1.165) is 55.7 Å². The van der Waals surface area contributed by atoms with Gasteiger partial charge in [-0.25, -0.2) is 0 Å². The fourth-order valence-corrected chi connectivity index (χ4v) is 6.21. The number of pyridine rings is 1. The van der Waals surface area contributed by atoms with Crippen LogP contribution in [0.2, 0.25) is 0 Å². The summed E-state index contributed by atoms with van der Waals surface area (Å²) in [6, 6.07) is 19.8. The van der Waals surface area contributed by atoms with Crippen molar-refractivity contribution in [1.82, 2.24) is 19.7 Å². The zero-order chi connectivity index (χ0) is 28.5. The summed E-state index contributed by atoms with van der Waals surface area (Å²) in [7, 11) is 1.39. The van der Waals surface area contributed by atoms with Crippen LogP contribution in [0.3, 0.4) is 0 Å². The lowest BCUT2D eigenvalue weighted by atomic mass is 9.97. The third kappa shape index (κ3) is 5.16. The molecule has 4 heterocycles. The number of aliphatic imine (C=N–C) groups is 1. The number of thiophene rings is 1. The molecule has 8 nitrogen and oxygen atoms in total. The highest BCUT2D eigenvalue weighted by Gasteiger charge is 2.32. The Balaban J connectivity index is 1.36. The second-order valence-corrected chi connectivity index (χ2v) is 11.1. The number of methoxy groups -OCH3 is 1. The molecule has 0 radical (unpaired) electrons. The summed E-state index contributed by atoms with van der Waals surface area (Å²) in [4.78, 5) is 22.8. The van der Waals surface area contributed by atoms with E-state index >= 15 is 0 Å². The number of esters is 1. The number of fused-ring (bicyclic) bond motifs is 3. The monoisotopic (exact) mass is 563 g/mol. The molecule has 6 rings (SSSR count). The first-order valence-corrected chi connectivity index (χ1v) is 14.1. The predicted molar refractivity (Wildman–Crippen MR) is 159 cm³/mol. The van der Waals surface area contributed by atoms with E-state index in [2.05, 4.69) is 59.4 Å². The Morgan fingerprint density at radius 2 is 1.71 bits per heavy atom. The van der Waals surface area contributed by atoms with Gasteiger partial charge in [-0.15, -0.1) is 21.5 Å². The molecule has 3 aromatic heterocycles. The van der Waals surface area contributed by atoms with Gasteiger partial charge < -0.3 is 9.47 Å². The highest BCUT2D eigenvalue weighted by molar-refractivity contribution is 7.15. The molecule has 0 bridgehead atoms. The number of hydrogen-bond acceptors (Lipinski definition) is 8. The van der Waals surface area contributed by atoms with Crippen LogP contribution in [-0.2, 0) is 16.1 Å². The van der Waals surface area contributed by atoms with E-state index in [1.807, 2.05) is 41.8 Å². The Hall–Kier alpha value is -4.63. The Morgan fingerprint density at radius 1 is 0.951 bits per heavy atom. The number of carbonyl (C=O) groups excluding carboxylic acids is 1. The summed E-state index contributed by atoms with van der Waals surface area (Å²) < 4.78 is 13.1. The Kier molecular flexibility index (Phi) is 7.19. The Morgan fingerprint density at radius 3 is 2.46 bits per heavy atom. The molecule has 0 saturated carbocycles. The molecule has 0 aliphatic carbocycles. The van der Waals surface area contributed by atoms with Crippen molar-refractivity contribution >= 4 is 23.0 Å². The van der Waals surface area contributed by atoms with Crippen LogP contribution in [0.5, 0.6) is 5.75 Å². The molecule has 0 unspecified atom stereocenters. The van der Waals surface area contributed by atoms with Gasteiger partial charge in [-0.3, -0.25) is 19.3 Å². The van der Waals surface area contributed by atoms with E-state index in [1.54, 1.807) is 23.7 Å². The van der Waals surface area contributed by atoms with E-state index in [1.165, 1.54) is 12.0 Å². The maximum atomic E-state index is 12.4. The number of nitrogens with zero attached hydrogens (tertiary/aromatic N) is 5. The number of ether oxygens (including phenoxy) is 2. The van der Waals surface area contributed by atoms with Gasteiger partial charge in [0, 0.05) is 28.4 Å². The SMILES string of the molecule is COC(=O)C[C@@H]1N=C(c2ccc(-c3cccc(OCc4ccncc4)c3)cc2)c2c(sc(C)c2C)-n2c(C)nnc21. The van der Waals surface area contributed by atoms with Crippen LogP contribution < -0.4 is 4.74 Å². The van der Waals surface area contributed by atoms with Crippen LogP contribution >= 0.6 is 11.3 Å². The lowest BCUT2D eigenvalue weighted by Gasteiger charge is -2.12. The fourth-order valence-electron chi connectivity index (χ4n) is 5.00. The van der Waals surface area contributed by atoms with Gasteiger partial charge in [-0.05, 0) is 67.3 Å². The molecule has 0 amide bonds. The normalized spacial score (nSPS) is 14.0. The third-order valence-corrected chi connectivity index (χ3v) is 8.50. The minimum atomic E-state index is -0.521. The molecule has 41 heavy (non-hydrogen) atoms. The van der Waals surface area contributed by atoms with Crippen molar-refractivity contribution in [3.8, 4) is 21.9 Å². The number of benzene rings is 2. The number of aromatic nitrogens is 4. The van der Waals surface area contributed by atoms with Crippen LogP contribution in [0.1, 0.15) is 51.2 Å². The zero-order valence-corrected chi connectivity index (χ0v) is 24.1. The summed E-state index contributed by atoms with van der Waals surface area (Å²) in [5.74, 6) is 1.86. The summed E-state index contributed by atoms with van der Waals surface area (Å²) >= 11 is 1.69. The third-order valence-electron chi connectivity index (χ3n) is 7.31.